The van der Waals surface area contributed by atoms with E-state index in [0.717, 1.165) is 0 Å². The molecule has 19 heavy (non-hydrogen) atoms. The Morgan fingerprint density at radius 2 is 2.05 bits per heavy atom. The Kier molecular flexibility index (Phi) is 3.49. The molecular formula is C12H17NO6. The average molecular weight is 271 g/mol. The maximum Gasteiger partial charge on any atom is 0.328 e. The van der Waals surface area contributed by atoms with Gasteiger partial charge in [-0.05, 0) is 6.42 Å². The number of methoxy groups -OCH3 is 2. The van der Waals surface area contributed by atoms with Crippen LogP contribution in [0.5, 0.6) is 0 Å². The van der Waals surface area contributed by atoms with Crippen molar-refractivity contribution in [1.29, 1.82) is 0 Å². The first-order chi connectivity index (χ1) is 8.90. The lowest BCUT2D eigenvalue weighted by Crippen LogP contribution is -2.67. The summed E-state index contributed by atoms with van der Waals surface area (Å²) < 4.78 is 9.20. The Hall–Kier alpha value is -1.63. The van der Waals surface area contributed by atoms with Crippen molar-refractivity contribution in [3.8, 4) is 0 Å². The molecule has 2 aliphatic heterocycles. The third-order valence-electron chi connectivity index (χ3n) is 3.79. The molecule has 2 heterocycles. The van der Waals surface area contributed by atoms with E-state index in [1.54, 1.807) is 0 Å². The van der Waals surface area contributed by atoms with E-state index in [1.807, 2.05) is 0 Å². The van der Waals surface area contributed by atoms with Crippen LogP contribution in [0.25, 0.3) is 0 Å². The number of nitrogens with zero attached hydrogens (tertiary/aromatic N) is 1. The van der Waals surface area contributed by atoms with E-state index < -0.39 is 23.6 Å². The number of carbonyl (C=O) groups excluding carboxylic acids is 3. The van der Waals surface area contributed by atoms with Crippen LogP contribution in [0.2, 0.25) is 0 Å². The van der Waals surface area contributed by atoms with Crippen molar-refractivity contribution in [3.05, 3.63) is 0 Å². The molecule has 0 aromatic carbocycles. The number of amides is 1. The van der Waals surface area contributed by atoms with E-state index >= 15 is 0 Å². The van der Waals surface area contributed by atoms with Gasteiger partial charge in [-0.2, -0.15) is 0 Å². The highest BCUT2D eigenvalue weighted by Gasteiger charge is 2.54. The minimum Gasteiger partial charge on any atom is -0.469 e. The van der Waals surface area contributed by atoms with Crippen molar-refractivity contribution < 1.29 is 29.0 Å². The lowest BCUT2D eigenvalue weighted by molar-refractivity contribution is -0.182. The molecule has 7 nitrogen and oxygen atoms in total. The maximum absolute atomic E-state index is 11.7. The van der Waals surface area contributed by atoms with E-state index in [2.05, 4.69) is 9.47 Å². The number of fused-ring (bicyclic) bond motifs is 1. The maximum atomic E-state index is 11.7. The molecular weight excluding hydrogens is 254 g/mol. The predicted octanol–water partition coefficient (Wildman–Crippen LogP) is -0.783. The molecule has 2 saturated heterocycles. The number of carbonyl (C=O) groups is 3. The first kappa shape index (κ1) is 13.8. The normalized spacial score (nSPS) is 33.2. The van der Waals surface area contributed by atoms with Gasteiger partial charge >= 0.3 is 11.9 Å². The SMILES string of the molecule is COC(=O)CC1(O)C[C@H]2CC(=O)N2[C@@H](C(=O)OC)C1. The summed E-state index contributed by atoms with van der Waals surface area (Å²) in [4.78, 5) is 36.0. The molecule has 2 aliphatic rings. The number of β-lactam (4-membered cyclic amide) rings is 1. The van der Waals surface area contributed by atoms with Crippen molar-refractivity contribution in [1.82, 2.24) is 4.90 Å². The second-order valence-electron chi connectivity index (χ2n) is 5.08. The molecule has 1 N–H and O–H groups in total. The number of aliphatic hydroxyl groups is 1. The lowest BCUT2D eigenvalue weighted by atomic mass is 9.75. The quantitative estimate of drug-likeness (QED) is 0.534. The molecule has 0 radical (unpaired) electrons. The van der Waals surface area contributed by atoms with Gasteiger partial charge in [-0.1, -0.05) is 0 Å². The highest BCUT2D eigenvalue weighted by Crippen LogP contribution is 2.40. The summed E-state index contributed by atoms with van der Waals surface area (Å²) in [5, 5.41) is 10.4. The molecule has 0 saturated carbocycles. The van der Waals surface area contributed by atoms with Gasteiger partial charge in [-0.25, -0.2) is 4.79 Å². The van der Waals surface area contributed by atoms with E-state index in [0.29, 0.717) is 0 Å². The van der Waals surface area contributed by atoms with Crippen LogP contribution < -0.4 is 0 Å². The molecule has 2 rings (SSSR count). The summed E-state index contributed by atoms with van der Waals surface area (Å²) in [5.74, 6) is -1.23. The van der Waals surface area contributed by atoms with Crippen molar-refractivity contribution in [2.75, 3.05) is 14.2 Å². The number of hydrogen-bond acceptors (Lipinski definition) is 6. The summed E-state index contributed by atoms with van der Waals surface area (Å²) in [5.41, 5.74) is -1.33. The fourth-order valence-electron chi connectivity index (χ4n) is 2.89. The smallest absolute Gasteiger partial charge is 0.328 e. The fraction of sp³-hybridized carbons (Fsp3) is 0.750. The molecule has 0 aromatic rings. The van der Waals surface area contributed by atoms with Crippen LogP contribution in [0.1, 0.15) is 25.7 Å². The topological polar surface area (TPSA) is 93.1 Å². The number of hydrogen-bond donors (Lipinski definition) is 1. The zero-order valence-electron chi connectivity index (χ0n) is 10.9. The second kappa shape index (κ2) is 4.80. The molecule has 106 valence electrons. The lowest BCUT2D eigenvalue weighted by Gasteiger charge is -2.52. The summed E-state index contributed by atoms with van der Waals surface area (Å²) in [6.45, 7) is 0. The average Bonchev–Trinajstić information content (AvgIpc) is 2.35. The van der Waals surface area contributed by atoms with E-state index in [4.69, 9.17) is 0 Å². The zero-order chi connectivity index (χ0) is 14.2. The van der Waals surface area contributed by atoms with Crippen LogP contribution in [0.15, 0.2) is 0 Å². The van der Waals surface area contributed by atoms with Gasteiger partial charge in [0.2, 0.25) is 5.91 Å². The largest absolute Gasteiger partial charge is 0.469 e. The van der Waals surface area contributed by atoms with E-state index in [9.17, 15) is 19.5 Å². The highest BCUT2D eigenvalue weighted by atomic mass is 16.5. The number of esters is 2. The Labute approximate surface area is 110 Å². The highest BCUT2D eigenvalue weighted by molar-refractivity contribution is 5.90. The van der Waals surface area contributed by atoms with E-state index in [1.165, 1.54) is 19.1 Å². The molecule has 1 unspecified atom stereocenters. The van der Waals surface area contributed by atoms with Gasteiger partial charge in [0, 0.05) is 18.9 Å². The first-order valence-electron chi connectivity index (χ1n) is 6.08. The number of ether oxygens (including phenoxy) is 2. The second-order valence-corrected chi connectivity index (χ2v) is 5.08. The van der Waals surface area contributed by atoms with Crippen LogP contribution in [-0.2, 0) is 23.9 Å². The Balaban J connectivity index is 2.16. The summed E-state index contributed by atoms with van der Waals surface area (Å²) in [7, 11) is 2.47. The van der Waals surface area contributed by atoms with Crippen molar-refractivity contribution >= 4 is 17.8 Å². The first-order valence-corrected chi connectivity index (χ1v) is 6.08. The van der Waals surface area contributed by atoms with Crippen LogP contribution in [-0.4, -0.2) is 59.8 Å². The number of piperidine rings is 1. The molecule has 7 heteroatoms. The monoisotopic (exact) mass is 271 g/mol. The van der Waals surface area contributed by atoms with E-state index in [-0.39, 0.29) is 37.6 Å². The third-order valence-corrected chi connectivity index (χ3v) is 3.79. The minimum absolute atomic E-state index is 0.00296. The van der Waals surface area contributed by atoms with Gasteiger partial charge in [0.05, 0.1) is 26.2 Å². The van der Waals surface area contributed by atoms with Gasteiger partial charge in [0.25, 0.3) is 0 Å². The molecule has 1 amide bonds. The Morgan fingerprint density at radius 1 is 1.37 bits per heavy atom. The molecule has 2 fully saturated rings. The molecule has 0 aromatic heterocycles. The van der Waals surface area contributed by atoms with Gasteiger partial charge in [0.15, 0.2) is 0 Å². The van der Waals surface area contributed by atoms with Gasteiger partial charge < -0.3 is 19.5 Å². The predicted molar refractivity (Wildman–Crippen MR) is 61.9 cm³/mol. The van der Waals surface area contributed by atoms with Crippen molar-refractivity contribution in [2.24, 2.45) is 0 Å². The van der Waals surface area contributed by atoms with Gasteiger partial charge in [-0.15, -0.1) is 0 Å². The Bertz CT molecular complexity index is 422. The van der Waals surface area contributed by atoms with Crippen LogP contribution in [0.4, 0.5) is 0 Å². The molecule has 3 atom stereocenters. The fourth-order valence-corrected chi connectivity index (χ4v) is 2.89. The number of rotatable bonds is 3. The Morgan fingerprint density at radius 3 is 2.58 bits per heavy atom. The summed E-state index contributed by atoms with van der Waals surface area (Å²) >= 11 is 0. The van der Waals surface area contributed by atoms with Crippen molar-refractivity contribution in [2.45, 2.75) is 43.4 Å². The van der Waals surface area contributed by atoms with Crippen LogP contribution in [0.3, 0.4) is 0 Å². The van der Waals surface area contributed by atoms with Gasteiger partial charge in [0.1, 0.15) is 6.04 Å². The molecule has 0 spiro atoms. The van der Waals surface area contributed by atoms with Crippen LogP contribution >= 0.6 is 0 Å². The zero-order valence-corrected chi connectivity index (χ0v) is 10.9. The van der Waals surface area contributed by atoms with Crippen LogP contribution in [0, 0.1) is 0 Å². The molecule has 0 aliphatic carbocycles. The third kappa shape index (κ3) is 2.42. The van der Waals surface area contributed by atoms with Crippen molar-refractivity contribution in [3.63, 3.8) is 0 Å². The molecule has 0 bridgehead atoms. The van der Waals surface area contributed by atoms with Gasteiger partial charge in [-0.3, -0.25) is 9.59 Å². The summed E-state index contributed by atoms with van der Waals surface area (Å²) in [6, 6.07) is -1.03. The summed E-state index contributed by atoms with van der Waals surface area (Å²) in [6.07, 6.45) is 0.380. The standard InChI is InChI=1S/C12H17NO6/c1-18-10(15)6-12(17)4-7-3-9(14)13(7)8(5-12)11(16)19-2/h7-8,17H,3-6H2,1-2H3/t7-,8-,12?/m1/s1. The minimum atomic E-state index is -1.33.